The predicted molar refractivity (Wildman–Crippen MR) is 67.9 cm³/mol. The first kappa shape index (κ1) is 11.6. The standard InChI is InChI=1S/C14H15NO2/c16-14(17)8-9-15-10-12-6-3-5-11-4-1-2-7-13(11)12/h1-7,15H,8-10H2,(H,16,17). The molecule has 3 heteroatoms. The van der Waals surface area contributed by atoms with Gasteiger partial charge in [0, 0.05) is 13.1 Å². The number of hydrogen-bond acceptors (Lipinski definition) is 2. The van der Waals surface area contributed by atoms with Crippen LogP contribution in [0.3, 0.4) is 0 Å². The van der Waals surface area contributed by atoms with Gasteiger partial charge in [0.15, 0.2) is 0 Å². The third kappa shape index (κ3) is 3.04. The number of carboxylic acid groups (broad SMARTS) is 1. The van der Waals surface area contributed by atoms with Gasteiger partial charge in [-0.05, 0) is 16.3 Å². The lowest BCUT2D eigenvalue weighted by Gasteiger charge is -2.07. The Hall–Kier alpha value is -1.87. The molecule has 0 fully saturated rings. The quantitative estimate of drug-likeness (QED) is 0.774. The van der Waals surface area contributed by atoms with E-state index in [0.29, 0.717) is 13.1 Å². The van der Waals surface area contributed by atoms with Crippen molar-refractivity contribution in [3.8, 4) is 0 Å². The molecule has 0 atom stereocenters. The molecule has 3 nitrogen and oxygen atoms in total. The van der Waals surface area contributed by atoms with E-state index in [-0.39, 0.29) is 6.42 Å². The maximum atomic E-state index is 10.4. The number of rotatable bonds is 5. The highest BCUT2D eigenvalue weighted by Gasteiger charge is 2.00. The highest BCUT2D eigenvalue weighted by Crippen LogP contribution is 2.17. The van der Waals surface area contributed by atoms with Crippen molar-refractivity contribution in [2.24, 2.45) is 0 Å². The number of hydrogen-bond donors (Lipinski definition) is 2. The second-order valence-corrected chi connectivity index (χ2v) is 3.96. The molecule has 2 aromatic rings. The third-order valence-electron chi connectivity index (χ3n) is 2.71. The van der Waals surface area contributed by atoms with Crippen molar-refractivity contribution < 1.29 is 9.90 Å². The van der Waals surface area contributed by atoms with Crippen LogP contribution in [0.1, 0.15) is 12.0 Å². The van der Waals surface area contributed by atoms with Crippen LogP contribution < -0.4 is 5.32 Å². The summed E-state index contributed by atoms with van der Waals surface area (Å²) in [6, 6.07) is 14.4. The van der Waals surface area contributed by atoms with Crippen molar-refractivity contribution in [2.75, 3.05) is 6.54 Å². The normalized spacial score (nSPS) is 10.6. The molecule has 0 amide bonds. The zero-order chi connectivity index (χ0) is 12.1. The molecular weight excluding hydrogens is 214 g/mol. The minimum Gasteiger partial charge on any atom is -0.481 e. The zero-order valence-electron chi connectivity index (χ0n) is 9.52. The van der Waals surface area contributed by atoms with Crippen LogP contribution in [-0.4, -0.2) is 17.6 Å². The fraction of sp³-hybridized carbons (Fsp3) is 0.214. The minimum absolute atomic E-state index is 0.158. The fourth-order valence-electron chi connectivity index (χ4n) is 1.87. The number of nitrogens with one attached hydrogen (secondary N) is 1. The molecular formula is C14H15NO2. The first-order chi connectivity index (χ1) is 8.27. The summed E-state index contributed by atoms with van der Waals surface area (Å²) in [7, 11) is 0. The number of carbonyl (C=O) groups is 1. The van der Waals surface area contributed by atoms with Crippen molar-refractivity contribution in [1.82, 2.24) is 5.32 Å². The maximum absolute atomic E-state index is 10.4. The summed E-state index contributed by atoms with van der Waals surface area (Å²) in [6.45, 7) is 1.20. The molecule has 0 spiro atoms. The Kier molecular flexibility index (Phi) is 3.73. The van der Waals surface area contributed by atoms with Gasteiger partial charge in [0.2, 0.25) is 0 Å². The van der Waals surface area contributed by atoms with Crippen LogP contribution in [0.15, 0.2) is 42.5 Å². The van der Waals surface area contributed by atoms with Gasteiger partial charge in [0.1, 0.15) is 0 Å². The van der Waals surface area contributed by atoms with Crippen molar-refractivity contribution in [1.29, 1.82) is 0 Å². The molecule has 0 heterocycles. The molecule has 0 aliphatic rings. The molecule has 0 radical (unpaired) electrons. The van der Waals surface area contributed by atoms with Crippen LogP contribution in [-0.2, 0) is 11.3 Å². The smallest absolute Gasteiger partial charge is 0.304 e. The van der Waals surface area contributed by atoms with E-state index < -0.39 is 5.97 Å². The van der Waals surface area contributed by atoms with Crippen molar-refractivity contribution in [2.45, 2.75) is 13.0 Å². The van der Waals surface area contributed by atoms with Crippen molar-refractivity contribution in [3.05, 3.63) is 48.0 Å². The van der Waals surface area contributed by atoms with Crippen LogP contribution in [0, 0.1) is 0 Å². The molecule has 2 aromatic carbocycles. The van der Waals surface area contributed by atoms with E-state index in [1.807, 2.05) is 18.2 Å². The van der Waals surface area contributed by atoms with E-state index in [4.69, 9.17) is 5.11 Å². The average Bonchev–Trinajstić information content (AvgIpc) is 2.34. The Morgan fingerprint density at radius 2 is 1.88 bits per heavy atom. The van der Waals surface area contributed by atoms with Crippen molar-refractivity contribution in [3.63, 3.8) is 0 Å². The zero-order valence-corrected chi connectivity index (χ0v) is 9.52. The van der Waals surface area contributed by atoms with Gasteiger partial charge in [-0.15, -0.1) is 0 Å². The molecule has 17 heavy (non-hydrogen) atoms. The number of carboxylic acids is 1. The van der Waals surface area contributed by atoms with Crippen LogP contribution >= 0.6 is 0 Å². The van der Waals surface area contributed by atoms with Gasteiger partial charge in [0.05, 0.1) is 6.42 Å². The minimum atomic E-state index is -0.768. The second kappa shape index (κ2) is 5.46. The molecule has 0 unspecified atom stereocenters. The molecule has 0 bridgehead atoms. The first-order valence-electron chi connectivity index (χ1n) is 5.66. The molecule has 0 aliphatic carbocycles. The Morgan fingerprint density at radius 1 is 1.12 bits per heavy atom. The fourth-order valence-corrected chi connectivity index (χ4v) is 1.87. The van der Waals surface area contributed by atoms with E-state index in [1.165, 1.54) is 16.3 Å². The molecule has 2 rings (SSSR count). The van der Waals surface area contributed by atoms with E-state index >= 15 is 0 Å². The average molecular weight is 229 g/mol. The van der Waals surface area contributed by atoms with Gasteiger partial charge in [-0.1, -0.05) is 42.5 Å². The number of fused-ring (bicyclic) bond motifs is 1. The summed E-state index contributed by atoms with van der Waals surface area (Å²) < 4.78 is 0. The lowest BCUT2D eigenvalue weighted by atomic mass is 10.0. The summed E-state index contributed by atoms with van der Waals surface area (Å²) in [5.74, 6) is -0.768. The Morgan fingerprint density at radius 3 is 2.71 bits per heavy atom. The van der Waals surface area contributed by atoms with Gasteiger partial charge in [-0.25, -0.2) is 0 Å². The van der Waals surface area contributed by atoms with Crippen LogP contribution in [0.25, 0.3) is 10.8 Å². The SMILES string of the molecule is O=C(O)CCNCc1cccc2ccccc12. The first-order valence-corrected chi connectivity index (χ1v) is 5.66. The molecule has 88 valence electrons. The monoisotopic (exact) mass is 229 g/mol. The number of aliphatic carboxylic acids is 1. The Bertz CT molecular complexity index is 517. The lowest BCUT2D eigenvalue weighted by molar-refractivity contribution is -0.136. The predicted octanol–water partition coefficient (Wildman–Crippen LogP) is 2.40. The summed E-state index contributed by atoms with van der Waals surface area (Å²) in [5.41, 5.74) is 1.20. The van der Waals surface area contributed by atoms with Crippen LogP contribution in [0.4, 0.5) is 0 Å². The lowest BCUT2D eigenvalue weighted by Crippen LogP contribution is -2.17. The van der Waals surface area contributed by atoms with Gasteiger partial charge in [-0.2, -0.15) is 0 Å². The molecule has 0 saturated carbocycles. The summed E-state index contributed by atoms with van der Waals surface area (Å²) >= 11 is 0. The summed E-state index contributed by atoms with van der Waals surface area (Å²) in [6.07, 6.45) is 0.158. The van der Waals surface area contributed by atoms with Crippen molar-refractivity contribution >= 4 is 16.7 Å². The molecule has 2 N–H and O–H groups in total. The highest BCUT2D eigenvalue weighted by molar-refractivity contribution is 5.85. The van der Waals surface area contributed by atoms with Gasteiger partial charge in [-0.3, -0.25) is 4.79 Å². The van der Waals surface area contributed by atoms with Gasteiger partial charge in [0.25, 0.3) is 0 Å². The highest BCUT2D eigenvalue weighted by atomic mass is 16.4. The topological polar surface area (TPSA) is 49.3 Å². The Labute approximate surface area is 100 Å². The molecule has 0 aliphatic heterocycles. The van der Waals surface area contributed by atoms with Crippen LogP contribution in [0.2, 0.25) is 0 Å². The van der Waals surface area contributed by atoms with E-state index in [9.17, 15) is 4.79 Å². The maximum Gasteiger partial charge on any atom is 0.304 e. The summed E-state index contributed by atoms with van der Waals surface area (Å²) in [4.78, 5) is 10.4. The van der Waals surface area contributed by atoms with Crippen LogP contribution in [0.5, 0.6) is 0 Å². The van der Waals surface area contributed by atoms with Gasteiger partial charge >= 0.3 is 5.97 Å². The van der Waals surface area contributed by atoms with E-state index in [2.05, 4.69) is 29.6 Å². The number of benzene rings is 2. The Balaban J connectivity index is 2.05. The third-order valence-corrected chi connectivity index (χ3v) is 2.71. The molecule has 0 saturated heterocycles. The largest absolute Gasteiger partial charge is 0.481 e. The van der Waals surface area contributed by atoms with E-state index in [0.717, 1.165) is 0 Å². The molecule has 0 aromatic heterocycles. The van der Waals surface area contributed by atoms with E-state index in [1.54, 1.807) is 0 Å². The summed E-state index contributed by atoms with van der Waals surface area (Å²) in [5, 5.41) is 14.1. The van der Waals surface area contributed by atoms with Gasteiger partial charge < -0.3 is 10.4 Å². The second-order valence-electron chi connectivity index (χ2n) is 3.96.